The summed E-state index contributed by atoms with van der Waals surface area (Å²) in [5.74, 6) is 0.493. The molecule has 2 nitrogen and oxygen atoms in total. The van der Waals surface area contributed by atoms with E-state index in [0.29, 0.717) is 6.42 Å². The van der Waals surface area contributed by atoms with Gasteiger partial charge in [-0.15, -0.1) is 0 Å². The monoisotopic (exact) mass is 284 g/mol. The van der Waals surface area contributed by atoms with Crippen LogP contribution in [0.4, 0.5) is 0 Å². The van der Waals surface area contributed by atoms with Crippen molar-refractivity contribution in [2.45, 2.75) is 44.4 Å². The van der Waals surface area contributed by atoms with Crippen molar-refractivity contribution in [1.29, 1.82) is 0 Å². The number of alkyl halides is 1. The number of allylic oxidation sites excluding steroid dienone is 2. The minimum Gasteiger partial charge on any atom is -0.302 e. The minimum atomic E-state index is -0.378. The molecule has 1 saturated carbocycles. The second-order valence-electron chi connectivity index (χ2n) is 5.89. The van der Waals surface area contributed by atoms with Gasteiger partial charge < -0.3 is 4.79 Å². The smallest absolute Gasteiger partial charge is 0.159 e. The average Bonchev–Trinajstić information content (AvgIpc) is 2.85. The van der Waals surface area contributed by atoms with E-state index in [1.54, 1.807) is 0 Å². The lowest BCUT2D eigenvalue weighted by Gasteiger charge is -2.31. The number of halogens is 1. The molecule has 0 spiro atoms. The van der Waals surface area contributed by atoms with Gasteiger partial charge in [0, 0.05) is 12.3 Å². The molecule has 0 N–H and O–H groups in total. The lowest BCUT2D eigenvalue weighted by molar-refractivity contribution is -0.118. The van der Waals surface area contributed by atoms with Crippen molar-refractivity contribution in [2.24, 2.45) is 11.3 Å². The first-order valence-corrected chi connectivity index (χ1v) is 6.46. The van der Waals surface area contributed by atoms with Gasteiger partial charge in [-0.3, -0.25) is 4.79 Å². The van der Waals surface area contributed by atoms with Gasteiger partial charge in [0.2, 0.25) is 0 Å². The first-order chi connectivity index (χ1) is 7.29. The van der Waals surface area contributed by atoms with Crippen molar-refractivity contribution in [2.75, 3.05) is 0 Å². The second-order valence-corrected chi connectivity index (χ2v) is 7.37. The Morgan fingerprint density at radius 2 is 2.00 bits per heavy atom. The van der Waals surface area contributed by atoms with Crippen molar-refractivity contribution < 1.29 is 9.59 Å². The number of aldehydes is 1. The molecule has 0 amide bonds. The van der Waals surface area contributed by atoms with Crippen LogP contribution in [-0.4, -0.2) is 16.4 Å². The number of carbonyl (C=O) groups is 2. The van der Waals surface area contributed by atoms with E-state index >= 15 is 0 Å². The van der Waals surface area contributed by atoms with Crippen LogP contribution >= 0.6 is 15.9 Å². The third-order valence-electron chi connectivity index (χ3n) is 3.76. The van der Waals surface area contributed by atoms with Crippen LogP contribution in [0.2, 0.25) is 0 Å². The quantitative estimate of drug-likeness (QED) is 0.577. The molecule has 2 aliphatic carbocycles. The average molecular weight is 285 g/mol. The summed E-state index contributed by atoms with van der Waals surface area (Å²) in [6.07, 6.45) is 3.39. The maximum Gasteiger partial charge on any atom is 0.159 e. The number of hydrogen-bond donors (Lipinski definition) is 0. The van der Waals surface area contributed by atoms with E-state index in [0.717, 1.165) is 24.7 Å². The summed E-state index contributed by atoms with van der Waals surface area (Å²) in [4.78, 5) is 22.8. The standard InChI is InChI=1S/C13H17BrO2/c1-8-9(10-5-13(10,14)7-15)4-12(2,3)6-11(8)16/h7,10H,4-6H2,1-3H3/t10-,13-/m0/s1. The molecule has 0 unspecified atom stereocenters. The molecule has 0 heterocycles. The maximum absolute atomic E-state index is 11.9. The Labute approximate surface area is 105 Å². The predicted molar refractivity (Wildman–Crippen MR) is 66.6 cm³/mol. The van der Waals surface area contributed by atoms with Gasteiger partial charge in [0.05, 0.1) is 4.32 Å². The number of hydrogen-bond acceptors (Lipinski definition) is 2. The molecule has 0 bridgehead atoms. The van der Waals surface area contributed by atoms with Gasteiger partial charge in [-0.05, 0) is 30.8 Å². The van der Waals surface area contributed by atoms with Gasteiger partial charge >= 0.3 is 0 Å². The molecule has 16 heavy (non-hydrogen) atoms. The van der Waals surface area contributed by atoms with Gasteiger partial charge in [0.15, 0.2) is 5.78 Å². The Kier molecular flexibility index (Phi) is 2.65. The van der Waals surface area contributed by atoms with Crippen LogP contribution < -0.4 is 0 Å². The van der Waals surface area contributed by atoms with Crippen LogP contribution in [0.1, 0.15) is 40.0 Å². The third kappa shape index (κ3) is 1.90. The van der Waals surface area contributed by atoms with E-state index in [9.17, 15) is 9.59 Å². The minimum absolute atomic E-state index is 0.0469. The molecule has 2 aliphatic rings. The molecule has 88 valence electrons. The normalized spacial score (nSPS) is 37.5. The highest BCUT2D eigenvalue weighted by Crippen LogP contribution is 2.57. The fourth-order valence-corrected chi connectivity index (χ4v) is 3.24. The summed E-state index contributed by atoms with van der Waals surface area (Å²) in [6.45, 7) is 6.15. The molecule has 1 fully saturated rings. The molecule has 2 rings (SSSR count). The van der Waals surface area contributed by atoms with Gasteiger partial charge in [0.1, 0.15) is 6.29 Å². The first-order valence-electron chi connectivity index (χ1n) is 5.67. The van der Waals surface area contributed by atoms with E-state index in [4.69, 9.17) is 0 Å². The van der Waals surface area contributed by atoms with E-state index in [1.807, 2.05) is 6.92 Å². The zero-order chi connectivity index (χ0) is 12.1. The highest BCUT2D eigenvalue weighted by atomic mass is 79.9. The van der Waals surface area contributed by atoms with Crippen molar-refractivity contribution in [3.8, 4) is 0 Å². The summed E-state index contributed by atoms with van der Waals surface area (Å²) >= 11 is 3.46. The van der Waals surface area contributed by atoms with Crippen LogP contribution in [-0.2, 0) is 9.59 Å². The Morgan fingerprint density at radius 3 is 2.50 bits per heavy atom. The van der Waals surface area contributed by atoms with Crippen LogP contribution in [0.15, 0.2) is 11.1 Å². The van der Waals surface area contributed by atoms with Gasteiger partial charge in [-0.25, -0.2) is 0 Å². The van der Waals surface area contributed by atoms with Gasteiger partial charge in [-0.1, -0.05) is 35.4 Å². The highest BCUT2D eigenvalue weighted by molar-refractivity contribution is 9.10. The summed E-state index contributed by atoms with van der Waals surface area (Å²) in [6, 6.07) is 0. The molecule has 0 aromatic rings. The molecular weight excluding hydrogens is 268 g/mol. The molecule has 3 heteroatoms. The summed E-state index contributed by atoms with van der Waals surface area (Å²) in [5, 5.41) is 0. The summed E-state index contributed by atoms with van der Waals surface area (Å²) in [5.41, 5.74) is 2.14. The Bertz CT molecular complexity index is 395. The number of ketones is 1. The number of Topliss-reactive ketones (excluding diaryl/α,β-unsaturated/α-hetero) is 1. The fraction of sp³-hybridized carbons (Fsp3) is 0.692. The SMILES string of the molecule is CC1=C([C@@H]2C[C@]2(Br)C=O)CC(C)(C)CC1=O. The van der Waals surface area contributed by atoms with Crippen LogP contribution in [0.3, 0.4) is 0 Å². The maximum atomic E-state index is 11.9. The lowest BCUT2D eigenvalue weighted by atomic mass is 9.72. The molecular formula is C13H17BrO2. The lowest BCUT2D eigenvalue weighted by Crippen LogP contribution is -2.26. The van der Waals surface area contributed by atoms with E-state index in [-0.39, 0.29) is 21.4 Å². The largest absolute Gasteiger partial charge is 0.302 e. The molecule has 0 saturated heterocycles. The second kappa shape index (κ2) is 3.52. The van der Waals surface area contributed by atoms with Crippen molar-refractivity contribution in [3.05, 3.63) is 11.1 Å². The fourth-order valence-electron chi connectivity index (χ4n) is 2.64. The van der Waals surface area contributed by atoms with Crippen molar-refractivity contribution >= 4 is 28.0 Å². The third-order valence-corrected chi connectivity index (χ3v) is 4.82. The first kappa shape index (κ1) is 12.0. The summed E-state index contributed by atoms with van der Waals surface area (Å²) < 4.78 is -0.378. The predicted octanol–water partition coefficient (Wildman–Crippen LogP) is 3.04. The molecule has 2 atom stereocenters. The van der Waals surface area contributed by atoms with Gasteiger partial charge in [-0.2, -0.15) is 0 Å². The Balaban J connectivity index is 2.30. The zero-order valence-electron chi connectivity index (χ0n) is 9.97. The molecule has 0 radical (unpaired) electrons. The van der Waals surface area contributed by atoms with Crippen LogP contribution in [0.5, 0.6) is 0 Å². The van der Waals surface area contributed by atoms with E-state index < -0.39 is 0 Å². The van der Waals surface area contributed by atoms with E-state index in [1.165, 1.54) is 5.57 Å². The Hall–Kier alpha value is -0.440. The van der Waals surface area contributed by atoms with Crippen LogP contribution in [0.25, 0.3) is 0 Å². The zero-order valence-corrected chi connectivity index (χ0v) is 11.6. The highest BCUT2D eigenvalue weighted by Gasteiger charge is 2.56. The number of rotatable bonds is 2. The number of carbonyl (C=O) groups excluding carboxylic acids is 2. The van der Waals surface area contributed by atoms with Crippen molar-refractivity contribution in [3.63, 3.8) is 0 Å². The molecule has 0 aromatic heterocycles. The Morgan fingerprint density at radius 1 is 1.38 bits per heavy atom. The van der Waals surface area contributed by atoms with Crippen molar-refractivity contribution in [1.82, 2.24) is 0 Å². The topological polar surface area (TPSA) is 34.1 Å². The van der Waals surface area contributed by atoms with E-state index in [2.05, 4.69) is 29.8 Å². The summed E-state index contributed by atoms with van der Waals surface area (Å²) in [7, 11) is 0. The molecule has 0 aliphatic heterocycles. The van der Waals surface area contributed by atoms with Crippen LogP contribution in [0, 0.1) is 11.3 Å². The molecule has 0 aromatic carbocycles. The van der Waals surface area contributed by atoms with Gasteiger partial charge in [0.25, 0.3) is 0 Å².